The van der Waals surface area contributed by atoms with Gasteiger partial charge in [-0.15, -0.1) is 0 Å². The number of nitrogens with one attached hydrogen (secondary N) is 1. The molecule has 5 heteroatoms. The van der Waals surface area contributed by atoms with E-state index >= 15 is 0 Å². The van der Waals surface area contributed by atoms with Gasteiger partial charge in [0.2, 0.25) is 0 Å². The molecule has 3 rings (SSSR count). The zero-order valence-electron chi connectivity index (χ0n) is 12.1. The van der Waals surface area contributed by atoms with E-state index in [0.717, 1.165) is 22.9 Å². The second-order valence-corrected chi connectivity index (χ2v) is 7.14. The number of amides is 1. The van der Waals surface area contributed by atoms with E-state index in [2.05, 4.69) is 33.3 Å². The smallest absolute Gasteiger partial charge is 0.273 e. The van der Waals surface area contributed by atoms with E-state index in [0.29, 0.717) is 11.6 Å². The van der Waals surface area contributed by atoms with E-state index in [1.54, 1.807) is 4.68 Å². The molecule has 2 saturated carbocycles. The van der Waals surface area contributed by atoms with Crippen LogP contribution in [0.25, 0.3) is 0 Å². The average Bonchev–Trinajstić information content (AvgIpc) is 3.12. The number of aryl methyl sites for hydroxylation is 1. The Morgan fingerprint density at radius 3 is 2.90 bits per heavy atom. The van der Waals surface area contributed by atoms with Crippen molar-refractivity contribution in [3.8, 4) is 0 Å². The highest BCUT2D eigenvalue weighted by Crippen LogP contribution is 2.49. The Hall–Kier alpha value is -0.840. The van der Waals surface area contributed by atoms with Gasteiger partial charge >= 0.3 is 0 Å². The summed E-state index contributed by atoms with van der Waals surface area (Å²) in [5, 5.41) is 7.47. The minimum Gasteiger partial charge on any atom is -0.348 e. The van der Waals surface area contributed by atoms with Crippen molar-refractivity contribution in [2.45, 2.75) is 52.1 Å². The van der Waals surface area contributed by atoms with E-state index in [9.17, 15) is 4.79 Å². The number of rotatable bonds is 4. The number of hydrogen-bond donors (Lipinski definition) is 1. The van der Waals surface area contributed by atoms with Crippen LogP contribution in [0, 0.1) is 17.8 Å². The van der Waals surface area contributed by atoms with Gasteiger partial charge in [-0.25, -0.2) is 0 Å². The van der Waals surface area contributed by atoms with E-state index in [1.807, 2.05) is 13.1 Å². The molecule has 4 atom stereocenters. The molecular formula is C15H22BrN3O. The minimum absolute atomic E-state index is 0.0562. The number of carbonyl (C=O) groups is 1. The first-order valence-corrected chi connectivity index (χ1v) is 8.41. The van der Waals surface area contributed by atoms with Crippen LogP contribution in [0.15, 0.2) is 10.7 Å². The predicted molar refractivity (Wildman–Crippen MR) is 81.5 cm³/mol. The Labute approximate surface area is 128 Å². The van der Waals surface area contributed by atoms with Crippen molar-refractivity contribution < 1.29 is 4.79 Å². The van der Waals surface area contributed by atoms with Gasteiger partial charge in [-0.3, -0.25) is 9.48 Å². The summed E-state index contributed by atoms with van der Waals surface area (Å²) in [7, 11) is 0. The van der Waals surface area contributed by atoms with Crippen LogP contribution in [0.3, 0.4) is 0 Å². The first-order valence-electron chi connectivity index (χ1n) is 7.62. The lowest BCUT2D eigenvalue weighted by Crippen LogP contribution is -2.40. The molecule has 0 unspecified atom stereocenters. The summed E-state index contributed by atoms with van der Waals surface area (Å²) in [6.45, 7) is 4.93. The zero-order chi connectivity index (χ0) is 14.3. The number of halogens is 1. The minimum atomic E-state index is -0.0562. The highest BCUT2D eigenvalue weighted by atomic mass is 79.9. The Bertz CT molecular complexity index is 513. The molecule has 4 nitrogen and oxygen atoms in total. The van der Waals surface area contributed by atoms with Crippen LogP contribution in [0.2, 0.25) is 0 Å². The Morgan fingerprint density at radius 1 is 1.55 bits per heavy atom. The van der Waals surface area contributed by atoms with Crippen molar-refractivity contribution in [2.24, 2.45) is 17.8 Å². The molecule has 20 heavy (non-hydrogen) atoms. The van der Waals surface area contributed by atoms with Crippen LogP contribution in [0.5, 0.6) is 0 Å². The van der Waals surface area contributed by atoms with E-state index in [-0.39, 0.29) is 11.9 Å². The van der Waals surface area contributed by atoms with Gasteiger partial charge in [0.15, 0.2) is 5.69 Å². The molecule has 0 aliphatic heterocycles. The van der Waals surface area contributed by atoms with Crippen LogP contribution in [0.4, 0.5) is 0 Å². The van der Waals surface area contributed by atoms with Crippen LogP contribution < -0.4 is 5.32 Å². The molecule has 2 fully saturated rings. The molecular weight excluding hydrogens is 318 g/mol. The van der Waals surface area contributed by atoms with Crippen molar-refractivity contribution >= 4 is 21.8 Å². The summed E-state index contributed by atoms with van der Waals surface area (Å²) >= 11 is 3.42. The first kappa shape index (κ1) is 14.1. The maximum atomic E-state index is 12.4. The monoisotopic (exact) mass is 339 g/mol. The molecule has 1 aromatic heterocycles. The van der Waals surface area contributed by atoms with Crippen molar-refractivity contribution in [1.82, 2.24) is 15.1 Å². The van der Waals surface area contributed by atoms with Crippen molar-refractivity contribution in [2.75, 3.05) is 0 Å². The van der Waals surface area contributed by atoms with E-state index in [4.69, 9.17) is 0 Å². The Morgan fingerprint density at radius 2 is 2.35 bits per heavy atom. The van der Waals surface area contributed by atoms with Crippen LogP contribution >= 0.6 is 15.9 Å². The number of fused-ring (bicyclic) bond motifs is 2. The number of hydrogen-bond acceptors (Lipinski definition) is 2. The van der Waals surface area contributed by atoms with Gasteiger partial charge in [-0.1, -0.05) is 6.42 Å². The zero-order valence-corrected chi connectivity index (χ0v) is 13.7. The fourth-order valence-electron chi connectivity index (χ4n) is 4.00. The van der Waals surface area contributed by atoms with Crippen molar-refractivity contribution in [3.63, 3.8) is 0 Å². The molecule has 2 aliphatic rings. The van der Waals surface area contributed by atoms with Gasteiger partial charge in [0.05, 0.1) is 4.47 Å². The predicted octanol–water partition coefficient (Wildman–Crippen LogP) is 3.22. The molecule has 110 valence electrons. The summed E-state index contributed by atoms with van der Waals surface area (Å²) in [6, 6.07) is 0.247. The molecule has 0 spiro atoms. The quantitative estimate of drug-likeness (QED) is 0.915. The molecule has 2 bridgehead atoms. The third kappa shape index (κ3) is 2.52. The Kier molecular flexibility index (Phi) is 3.89. The topological polar surface area (TPSA) is 46.9 Å². The normalized spacial score (nSPS) is 29.6. The summed E-state index contributed by atoms with van der Waals surface area (Å²) in [5.74, 6) is 2.34. The Balaban J connectivity index is 1.64. The molecule has 1 heterocycles. The lowest BCUT2D eigenvalue weighted by Gasteiger charge is -2.28. The summed E-state index contributed by atoms with van der Waals surface area (Å²) in [5.41, 5.74) is 0.502. The molecule has 1 amide bonds. The fourth-order valence-corrected chi connectivity index (χ4v) is 4.50. The second kappa shape index (κ2) is 5.51. The first-order chi connectivity index (χ1) is 9.58. The lowest BCUT2D eigenvalue weighted by molar-refractivity contribution is 0.0908. The third-order valence-electron chi connectivity index (χ3n) is 5.05. The van der Waals surface area contributed by atoms with Gasteiger partial charge in [0.1, 0.15) is 0 Å². The number of carbonyl (C=O) groups excluding carboxylic acids is 1. The SMILES string of the molecule is CCn1cc(Br)c(C(=O)N[C@H](C)[C@H]2C[C@@H]3CC[C@@H]2C3)n1. The maximum absolute atomic E-state index is 12.4. The van der Waals surface area contributed by atoms with Crippen molar-refractivity contribution in [3.05, 3.63) is 16.4 Å². The van der Waals surface area contributed by atoms with Gasteiger partial charge in [0, 0.05) is 18.8 Å². The standard InChI is InChI=1S/C15H22BrN3O/c1-3-19-8-13(16)14(18-19)15(20)17-9(2)12-7-10-4-5-11(12)6-10/h8-12H,3-7H2,1-2H3,(H,17,20)/t9-,10-,11-,12-/m1/s1. The molecule has 1 aromatic rings. The summed E-state index contributed by atoms with van der Waals surface area (Å²) < 4.78 is 2.55. The van der Waals surface area contributed by atoms with Crippen LogP contribution in [0.1, 0.15) is 50.0 Å². The summed E-state index contributed by atoms with van der Waals surface area (Å²) in [6.07, 6.45) is 7.27. The van der Waals surface area contributed by atoms with Crippen molar-refractivity contribution in [1.29, 1.82) is 0 Å². The fraction of sp³-hybridized carbons (Fsp3) is 0.733. The molecule has 0 saturated heterocycles. The van der Waals surface area contributed by atoms with E-state index < -0.39 is 0 Å². The number of aromatic nitrogens is 2. The van der Waals surface area contributed by atoms with Crippen LogP contribution in [-0.4, -0.2) is 21.7 Å². The molecule has 0 radical (unpaired) electrons. The van der Waals surface area contributed by atoms with Gasteiger partial charge < -0.3 is 5.32 Å². The van der Waals surface area contributed by atoms with E-state index in [1.165, 1.54) is 25.7 Å². The third-order valence-corrected chi connectivity index (χ3v) is 5.63. The lowest BCUT2D eigenvalue weighted by atomic mass is 9.84. The largest absolute Gasteiger partial charge is 0.348 e. The highest BCUT2D eigenvalue weighted by Gasteiger charge is 2.42. The van der Waals surface area contributed by atoms with Gasteiger partial charge in [-0.05, 0) is 66.8 Å². The molecule has 2 aliphatic carbocycles. The van der Waals surface area contributed by atoms with Gasteiger partial charge in [0.25, 0.3) is 5.91 Å². The highest BCUT2D eigenvalue weighted by molar-refractivity contribution is 9.10. The molecule has 1 N–H and O–H groups in total. The second-order valence-electron chi connectivity index (χ2n) is 6.28. The van der Waals surface area contributed by atoms with Crippen LogP contribution in [-0.2, 0) is 6.54 Å². The summed E-state index contributed by atoms with van der Waals surface area (Å²) in [4.78, 5) is 12.4. The van der Waals surface area contributed by atoms with Gasteiger partial charge in [-0.2, -0.15) is 5.10 Å². The average molecular weight is 340 g/mol. The number of nitrogens with zero attached hydrogens (tertiary/aromatic N) is 2. The maximum Gasteiger partial charge on any atom is 0.273 e. The molecule has 0 aromatic carbocycles.